The molecule has 0 radical (unpaired) electrons. The molecule has 1 amide bonds. The molecular weight excluding hydrogens is 432 g/mol. The molecule has 0 saturated carbocycles. The Bertz CT molecular complexity index is 984. The summed E-state index contributed by atoms with van der Waals surface area (Å²) in [4.78, 5) is 16.8. The van der Waals surface area contributed by atoms with Gasteiger partial charge in [-0.15, -0.1) is 0 Å². The van der Waals surface area contributed by atoms with Crippen molar-refractivity contribution in [3.8, 4) is 17.9 Å². The third kappa shape index (κ3) is 5.16. The van der Waals surface area contributed by atoms with Gasteiger partial charge in [-0.25, -0.2) is 0 Å². The number of halogens is 1. The number of carbonyl (C=O) groups is 1. The molecule has 1 aliphatic heterocycles. The smallest absolute Gasteiger partial charge is 0.264 e. The lowest BCUT2D eigenvalue weighted by molar-refractivity contribution is -0.126. The summed E-state index contributed by atoms with van der Waals surface area (Å²) in [5.41, 5.74) is 1.74. The molecule has 0 unspecified atom stereocenters. The van der Waals surface area contributed by atoms with Crippen molar-refractivity contribution in [1.29, 1.82) is 10.5 Å². The van der Waals surface area contributed by atoms with Gasteiger partial charge in [0.2, 0.25) is 0 Å². The number of para-hydroxylation sites is 1. The summed E-state index contributed by atoms with van der Waals surface area (Å²) in [5.74, 6) is 0.149. The van der Waals surface area contributed by atoms with Crippen molar-refractivity contribution in [3.63, 3.8) is 0 Å². The summed E-state index contributed by atoms with van der Waals surface area (Å²) in [6, 6.07) is 19.2. The number of ether oxygens (including phenoxy) is 1. The van der Waals surface area contributed by atoms with Crippen LogP contribution in [0.4, 0.5) is 5.69 Å². The number of amides is 1. The Labute approximate surface area is 178 Å². The quantitative estimate of drug-likeness (QED) is 0.513. The van der Waals surface area contributed by atoms with Gasteiger partial charge in [-0.2, -0.15) is 10.5 Å². The van der Waals surface area contributed by atoms with Crippen molar-refractivity contribution >= 4 is 33.6 Å². The molecule has 0 atom stereocenters. The predicted molar refractivity (Wildman–Crippen MR) is 114 cm³/mol. The summed E-state index contributed by atoms with van der Waals surface area (Å²) >= 11 is 3.39. The zero-order valence-corrected chi connectivity index (χ0v) is 17.3. The second-order valence-corrected chi connectivity index (χ2v) is 7.33. The van der Waals surface area contributed by atoms with Crippen molar-refractivity contribution in [2.24, 2.45) is 0 Å². The minimum atomic E-state index is -0.300. The van der Waals surface area contributed by atoms with Gasteiger partial charge in [-0.1, -0.05) is 34.1 Å². The minimum absolute atomic E-state index is 0.0399. The van der Waals surface area contributed by atoms with E-state index in [1.54, 1.807) is 23.1 Å². The van der Waals surface area contributed by atoms with Crippen molar-refractivity contribution in [2.45, 2.75) is 0 Å². The second kappa shape index (κ2) is 9.77. The summed E-state index contributed by atoms with van der Waals surface area (Å²) in [6.07, 6.45) is 1.52. The SMILES string of the molecule is N#CCOc1ccc(Br)cc1/C=C(/C#N)C(=O)N1CCN(c2ccccc2)CC1. The first kappa shape index (κ1) is 20.4. The standard InChI is InChI=1S/C22H19BrN4O2/c23-19-6-7-21(29-13-8-24)17(15-19)14-18(16-25)22(28)27-11-9-26(10-12-27)20-4-2-1-3-5-20/h1-7,14-15H,9-13H2/b18-14-. The fourth-order valence-electron chi connectivity index (χ4n) is 3.15. The number of hydrogen-bond acceptors (Lipinski definition) is 5. The minimum Gasteiger partial charge on any atom is -0.478 e. The number of nitrogens with zero attached hydrogens (tertiary/aromatic N) is 4. The third-order valence-electron chi connectivity index (χ3n) is 4.60. The van der Waals surface area contributed by atoms with Gasteiger partial charge in [-0.05, 0) is 36.4 Å². The molecule has 1 aliphatic rings. The fourth-order valence-corrected chi connectivity index (χ4v) is 3.53. The van der Waals surface area contributed by atoms with Gasteiger partial charge in [0.25, 0.3) is 5.91 Å². The van der Waals surface area contributed by atoms with Crippen LogP contribution in [0.15, 0.2) is 58.6 Å². The van der Waals surface area contributed by atoms with Gasteiger partial charge < -0.3 is 14.5 Å². The third-order valence-corrected chi connectivity index (χ3v) is 5.10. The summed E-state index contributed by atoms with van der Waals surface area (Å²) < 4.78 is 6.19. The monoisotopic (exact) mass is 450 g/mol. The van der Waals surface area contributed by atoms with Crippen LogP contribution in [-0.4, -0.2) is 43.6 Å². The van der Waals surface area contributed by atoms with Gasteiger partial charge in [0.05, 0.1) is 0 Å². The van der Waals surface area contributed by atoms with Crippen molar-refractivity contribution in [2.75, 3.05) is 37.7 Å². The molecule has 0 aliphatic carbocycles. The van der Waals surface area contributed by atoms with Crippen LogP contribution in [0.25, 0.3) is 6.08 Å². The predicted octanol–water partition coefficient (Wildman–Crippen LogP) is 3.61. The van der Waals surface area contributed by atoms with E-state index in [0.717, 1.165) is 10.2 Å². The molecule has 29 heavy (non-hydrogen) atoms. The Balaban J connectivity index is 1.74. The Morgan fingerprint density at radius 1 is 1.10 bits per heavy atom. The fraction of sp³-hybridized carbons (Fsp3) is 0.227. The molecule has 1 fully saturated rings. The lowest BCUT2D eigenvalue weighted by Gasteiger charge is -2.36. The first-order chi connectivity index (χ1) is 14.1. The molecular formula is C22H19BrN4O2. The molecule has 6 nitrogen and oxygen atoms in total. The molecule has 0 spiro atoms. The van der Waals surface area contributed by atoms with E-state index >= 15 is 0 Å². The topological polar surface area (TPSA) is 80.4 Å². The van der Waals surface area contributed by atoms with E-state index in [-0.39, 0.29) is 18.1 Å². The largest absolute Gasteiger partial charge is 0.478 e. The van der Waals surface area contributed by atoms with Gasteiger partial charge in [0, 0.05) is 41.9 Å². The van der Waals surface area contributed by atoms with Crippen LogP contribution in [-0.2, 0) is 4.79 Å². The lowest BCUT2D eigenvalue weighted by Crippen LogP contribution is -2.49. The van der Waals surface area contributed by atoms with E-state index < -0.39 is 0 Å². The van der Waals surface area contributed by atoms with Crippen LogP contribution in [0.2, 0.25) is 0 Å². The molecule has 0 bridgehead atoms. The number of nitriles is 2. The molecule has 2 aromatic carbocycles. The Morgan fingerprint density at radius 3 is 2.48 bits per heavy atom. The van der Waals surface area contributed by atoms with Crippen molar-refractivity contribution in [1.82, 2.24) is 4.90 Å². The maximum absolute atomic E-state index is 12.9. The van der Waals surface area contributed by atoms with Gasteiger partial charge in [-0.3, -0.25) is 4.79 Å². The Hall–Kier alpha value is -3.29. The molecule has 7 heteroatoms. The summed E-state index contributed by atoms with van der Waals surface area (Å²) in [7, 11) is 0. The van der Waals surface area contributed by atoms with E-state index in [2.05, 4.69) is 20.8 Å². The number of anilines is 1. The van der Waals surface area contributed by atoms with Gasteiger partial charge in [0.15, 0.2) is 6.61 Å². The van der Waals surface area contributed by atoms with E-state index in [0.29, 0.717) is 37.5 Å². The average molecular weight is 451 g/mol. The van der Waals surface area contributed by atoms with Crippen LogP contribution in [0.3, 0.4) is 0 Å². The van der Waals surface area contributed by atoms with Crippen LogP contribution < -0.4 is 9.64 Å². The van der Waals surface area contributed by atoms with Gasteiger partial charge in [0.1, 0.15) is 23.5 Å². The number of rotatable bonds is 5. The van der Waals surface area contributed by atoms with Crippen LogP contribution >= 0.6 is 15.9 Å². The van der Waals surface area contributed by atoms with Crippen LogP contribution in [0.5, 0.6) is 5.75 Å². The highest BCUT2D eigenvalue weighted by molar-refractivity contribution is 9.10. The van der Waals surface area contributed by atoms with E-state index in [1.807, 2.05) is 42.5 Å². The normalized spacial score (nSPS) is 14.1. The van der Waals surface area contributed by atoms with E-state index in [4.69, 9.17) is 10.00 Å². The zero-order chi connectivity index (χ0) is 20.6. The lowest BCUT2D eigenvalue weighted by atomic mass is 10.1. The first-order valence-corrected chi connectivity index (χ1v) is 9.92. The Kier molecular flexibility index (Phi) is 6.89. The van der Waals surface area contributed by atoms with E-state index in [9.17, 15) is 10.1 Å². The summed E-state index contributed by atoms with van der Waals surface area (Å²) in [6.45, 7) is 2.40. The molecule has 0 N–H and O–H groups in total. The number of benzene rings is 2. The summed E-state index contributed by atoms with van der Waals surface area (Å²) in [5, 5.41) is 18.3. The molecule has 0 aromatic heterocycles. The highest BCUT2D eigenvalue weighted by atomic mass is 79.9. The maximum atomic E-state index is 12.9. The van der Waals surface area contributed by atoms with E-state index in [1.165, 1.54) is 6.08 Å². The molecule has 1 heterocycles. The number of carbonyl (C=O) groups excluding carboxylic acids is 1. The van der Waals surface area contributed by atoms with Crippen molar-refractivity contribution in [3.05, 3.63) is 64.1 Å². The van der Waals surface area contributed by atoms with Crippen molar-refractivity contribution < 1.29 is 9.53 Å². The van der Waals surface area contributed by atoms with Crippen LogP contribution in [0, 0.1) is 22.7 Å². The molecule has 3 rings (SSSR count). The molecule has 2 aromatic rings. The average Bonchev–Trinajstić information content (AvgIpc) is 2.77. The highest BCUT2D eigenvalue weighted by Crippen LogP contribution is 2.26. The number of hydrogen-bond donors (Lipinski definition) is 0. The second-order valence-electron chi connectivity index (χ2n) is 6.41. The highest BCUT2D eigenvalue weighted by Gasteiger charge is 2.24. The number of piperazine rings is 1. The molecule has 146 valence electrons. The maximum Gasteiger partial charge on any atom is 0.264 e. The van der Waals surface area contributed by atoms with Crippen LogP contribution in [0.1, 0.15) is 5.56 Å². The first-order valence-electron chi connectivity index (χ1n) is 9.12. The molecule has 1 saturated heterocycles. The Morgan fingerprint density at radius 2 is 1.83 bits per heavy atom. The van der Waals surface area contributed by atoms with Gasteiger partial charge >= 0.3 is 0 Å². The zero-order valence-electron chi connectivity index (χ0n) is 15.7.